The highest BCUT2D eigenvalue weighted by Crippen LogP contribution is 2.38. The Labute approximate surface area is 242 Å². The first kappa shape index (κ1) is 29.3. The van der Waals surface area contributed by atoms with Gasteiger partial charge in [0.1, 0.15) is 0 Å². The lowest BCUT2D eigenvalue weighted by Crippen LogP contribution is -2.47. The maximum Gasteiger partial charge on any atom is 0.338 e. The van der Waals surface area contributed by atoms with Gasteiger partial charge in [0.15, 0.2) is 0 Å². The minimum atomic E-state index is -0.427. The smallest absolute Gasteiger partial charge is 0.338 e. The topological polar surface area (TPSA) is 106 Å². The number of benzene rings is 1. The summed E-state index contributed by atoms with van der Waals surface area (Å²) < 4.78 is 13.4. The number of nitrogens with zero attached hydrogens (tertiary/aromatic N) is 4. The maximum atomic E-state index is 13.1. The summed E-state index contributed by atoms with van der Waals surface area (Å²) in [6.07, 6.45) is 3.24. The van der Waals surface area contributed by atoms with E-state index in [1.165, 1.54) is 0 Å². The van der Waals surface area contributed by atoms with Crippen molar-refractivity contribution in [2.45, 2.75) is 53.0 Å². The number of aryl methyl sites for hydroxylation is 1. The van der Waals surface area contributed by atoms with Crippen molar-refractivity contribution in [2.75, 3.05) is 59.6 Å². The number of amides is 2. The second-order valence-corrected chi connectivity index (χ2v) is 12.7. The molecule has 10 heteroatoms. The van der Waals surface area contributed by atoms with E-state index in [4.69, 9.17) is 14.6 Å². The molecule has 0 bridgehead atoms. The predicted octanol–water partition coefficient (Wildman–Crippen LogP) is 2.80. The molecule has 1 N–H and O–H groups in total. The van der Waals surface area contributed by atoms with Crippen molar-refractivity contribution in [3.05, 3.63) is 52.3 Å². The Hall–Kier alpha value is -3.24. The van der Waals surface area contributed by atoms with Gasteiger partial charge in [-0.3, -0.25) is 14.3 Å². The normalized spacial score (nSPS) is 19.4. The van der Waals surface area contributed by atoms with Gasteiger partial charge in [0.25, 0.3) is 11.8 Å². The SMILES string of the molecule is CCc1nn(CC(C)(C)COC(=O)c2ccc(C(=O)N3CCN(C)CC3)cc2)c2c1C(=O)NCC1(CCOCC1)C2. The number of rotatable bonds is 7. The molecule has 1 spiro atoms. The number of aromatic nitrogens is 2. The first-order chi connectivity index (χ1) is 19.6. The zero-order valence-electron chi connectivity index (χ0n) is 24.8. The van der Waals surface area contributed by atoms with Crippen molar-refractivity contribution in [3.8, 4) is 0 Å². The fourth-order valence-corrected chi connectivity index (χ4v) is 6.04. The molecule has 10 nitrogen and oxygen atoms in total. The molecule has 0 radical (unpaired) electrons. The van der Waals surface area contributed by atoms with E-state index in [0.717, 1.165) is 43.7 Å². The quantitative estimate of drug-likeness (QED) is 0.515. The minimum absolute atomic E-state index is 0.0137. The minimum Gasteiger partial charge on any atom is -0.461 e. The van der Waals surface area contributed by atoms with Crippen LogP contribution in [0.3, 0.4) is 0 Å². The molecule has 2 amide bonds. The number of hydrogen-bond acceptors (Lipinski definition) is 7. The summed E-state index contributed by atoms with van der Waals surface area (Å²) in [6, 6.07) is 6.71. The molecule has 1 aromatic carbocycles. The van der Waals surface area contributed by atoms with Gasteiger partial charge >= 0.3 is 5.97 Å². The molecule has 4 heterocycles. The highest BCUT2D eigenvalue weighted by Gasteiger charge is 2.40. The third-order valence-corrected chi connectivity index (χ3v) is 8.74. The summed E-state index contributed by atoms with van der Waals surface area (Å²) >= 11 is 0. The van der Waals surface area contributed by atoms with E-state index in [1.54, 1.807) is 24.3 Å². The second kappa shape index (κ2) is 11.9. The molecule has 5 rings (SSSR count). The van der Waals surface area contributed by atoms with Crippen LogP contribution in [0, 0.1) is 10.8 Å². The first-order valence-corrected chi connectivity index (χ1v) is 14.8. The number of piperazine rings is 1. The van der Waals surface area contributed by atoms with Crippen LogP contribution in [-0.4, -0.2) is 97.0 Å². The highest BCUT2D eigenvalue weighted by atomic mass is 16.5. The van der Waals surface area contributed by atoms with Gasteiger partial charge in [-0.15, -0.1) is 0 Å². The van der Waals surface area contributed by atoms with Gasteiger partial charge in [-0.1, -0.05) is 20.8 Å². The van der Waals surface area contributed by atoms with E-state index < -0.39 is 11.4 Å². The zero-order valence-corrected chi connectivity index (χ0v) is 24.8. The zero-order chi connectivity index (χ0) is 29.2. The van der Waals surface area contributed by atoms with E-state index in [2.05, 4.69) is 17.3 Å². The molecule has 1 aromatic heterocycles. The van der Waals surface area contributed by atoms with Crippen LogP contribution in [0.2, 0.25) is 0 Å². The maximum absolute atomic E-state index is 13.1. The Morgan fingerprint density at radius 1 is 1.07 bits per heavy atom. The van der Waals surface area contributed by atoms with E-state index in [0.29, 0.717) is 62.5 Å². The molecule has 41 heavy (non-hydrogen) atoms. The number of carbonyl (C=O) groups is 3. The third kappa shape index (κ3) is 6.48. The largest absolute Gasteiger partial charge is 0.461 e. The van der Waals surface area contributed by atoms with E-state index in [-0.39, 0.29) is 23.8 Å². The van der Waals surface area contributed by atoms with E-state index in [1.807, 2.05) is 30.4 Å². The molecular weight excluding hydrogens is 522 g/mol. The van der Waals surface area contributed by atoms with Crippen LogP contribution in [0.15, 0.2) is 24.3 Å². The molecule has 3 aliphatic heterocycles. The van der Waals surface area contributed by atoms with E-state index >= 15 is 0 Å². The van der Waals surface area contributed by atoms with Crippen LogP contribution in [0.4, 0.5) is 0 Å². The Bertz CT molecular complexity index is 1270. The molecule has 2 aromatic rings. The van der Waals surface area contributed by atoms with Crippen molar-refractivity contribution in [2.24, 2.45) is 10.8 Å². The molecule has 222 valence electrons. The Morgan fingerprint density at radius 3 is 2.39 bits per heavy atom. The molecule has 0 unspecified atom stereocenters. The number of ether oxygens (including phenoxy) is 2. The van der Waals surface area contributed by atoms with Crippen molar-refractivity contribution in [3.63, 3.8) is 0 Å². The lowest BCUT2D eigenvalue weighted by atomic mass is 9.76. The Kier molecular flexibility index (Phi) is 8.52. The Morgan fingerprint density at radius 2 is 1.73 bits per heavy atom. The van der Waals surface area contributed by atoms with Gasteiger partial charge in [-0.25, -0.2) is 4.79 Å². The Balaban J connectivity index is 1.24. The lowest BCUT2D eigenvalue weighted by molar-refractivity contribution is 0.0145. The highest BCUT2D eigenvalue weighted by molar-refractivity contribution is 5.97. The van der Waals surface area contributed by atoms with Crippen LogP contribution in [0.25, 0.3) is 0 Å². The molecule has 2 saturated heterocycles. The summed E-state index contributed by atoms with van der Waals surface area (Å²) in [6.45, 7) is 12.0. The second-order valence-electron chi connectivity index (χ2n) is 12.7. The number of esters is 1. The molecule has 0 aliphatic carbocycles. The predicted molar refractivity (Wildman–Crippen MR) is 154 cm³/mol. The van der Waals surface area contributed by atoms with Gasteiger partial charge in [0, 0.05) is 63.5 Å². The van der Waals surface area contributed by atoms with Crippen LogP contribution in [0.5, 0.6) is 0 Å². The fourth-order valence-electron chi connectivity index (χ4n) is 6.04. The number of likely N-dealkylation sites (N-methyl/N-ethyl adjacent to an activating group) is 1. The number of fused-ring (bicyclic) bond motifs is 1. The molecule has 2 fully saturated rings. The van der Waals surface area contributed by atoms with Crippen LogP contribution in [0.1, 0.15) is 76.1 Å². The van der Waals surface area contributed by atoms with Crippen LogP contribution in [-0.2, 0) is 28.9 Å². The third-order valence-electron chi connectivity index (χ3n) is 8.74. The lowest BCUT2D eigenvalue weighted by Gasteiger charge is -2.36. The summed E-state index contributed by atoms with van der Waals surface area (Å²) in [5.74, 6) is -0.490. The van der Waals surface area contributed by atoms with Gasteiger partial charge in [-0.05, 0) is 62.4 Å². The van der Waals surface area contributed by atoms with Crippen molar-refractivity contribution < 1.29 is 23.9 Å². The number of nitrogens with one attached hydrogen (secondary N) is 1. The average molecular weight is 566 g/mol. The standard InChI is InChI=1S/C31H43N5O5/c1-5-24-26-25(18-31(19-32-27(26)37)10-16-40-17-11-31)36(33-24)20-30(2,3)21-41-29(39)23-8-6-22(7-9-23)28(38)35-14-12-34(4)13-15-35/h6-9H,5,10-21H2,1-4H3,(H,32,37). The molecule has 3 aliphatic rings. The summed E-state index contributed by atoms with van der Waals surface area (Å²) in [5.41, 5.74) is 3.01. The van der Waals surface area contributed by atoms with Crippen LogP contribution >= 0.6 is 0 Å². The molecule has 0 atom stereocenters. The van der Waals surface area contributed by atoms with E-state index in [9.17, 15) is 14.4 Å². The number of hydrogen-bond donors (Lipinski definition) is 1. The number of carbonyl (C=O) groups excluding carboxylic acids is 3. The summed E-state index contributed by atoms with van der Waals surface area (Å²) in [4.78, 5) is 43.0. The van der Waals surface area contributed by atoms with Gasteiger partial charge in [0.05, 0.1) is 29.1 Å². The summed E-state index contributed by atoms with van der Waals surface area (Å²) in [7, 11) is 2.05. The summed E-state index contributed by atoms with van der Waals surface area (Å²) in [5, 5.41) is 8.02. The van der Waals surface area contributed by atoms with Crippen LogP contribution < -0.4 is 5.32 Å². The van der Waals surface area contributed by atoms with Gasteiger partial charge in [-0.2, -0.15) is 5.10 Å². The van der Waals surface area contributed by atoms with Crippen molar-refractivity contribution >= 4 is 17.8 Å². The van der Waals surface area contributed by atoms with Crippen molar-refractivity contribution in [1.82, 2.24) is 24.9 Å². The molecular formula is C31H43N5O5. The monoisotopic (exact) mass is 565 g/mol. The van der Waals surface area contributed by atoms with Gasteiger partial charge in [0.2, 0.25) is 0 Å². The van der Waals surface area contributed by atoms with Crippen molar-refractivity contribution in [1.29, 1.82) is 0 Å². The average Bonchev–Trinajstić information content (AvgIpc) is 3.23. The molecule has 0 saturated carbocycles. The fraction of sp³-hybridized carbons (Fsp3) is 0.613. The van der Waals surface area contributed by atoms with Gasteiger partial charge < -0.3 is 24.6 Å². The first-order valence-electron chi connectivity index (χ1n) is 14.8.